The highest BCUT2D eigenvalue weighted by Crippen LogP contribution is 2.28. The Balaban J connectivity index is 1.15. The van der Waals surface area contributed by atoms with E-state index in [0.717, 1.165) is 38.9 Å². The molecule has 9 nitrogen and oxygen atoms in total. The molecule has 3 aromatic rings. The summed E-state index contributed by atoms with van der Waals surface area (Å²) >= 11 is 12.1. The van der Waals surface area contributed by atoms with Crippen LogP contribution in [0.5, 0.6) is 5.75 Å². The summed E-state index contributed by atoms with van der Waals surface area (Å²) in [6.45, 7) is 6.08. The van der Waals surface area contributed by atoms with Gasteiger partial charge < -0.3 is 19.9 Å². The maximum atomic E-state index is 13.1. The minimum Gasteiger partial charge on any atom is -0.490 e. The van der Waals surface area contributed by atoms with E-state index in [4.69, 9.17) is 27.9 Å². The minimum absolute atomic E-state index is 0.0579. The molecule has 0 aliphatic carbocycles. The quantitative estimate of drug-likeness (QED) is 0.379. The highest BCUT2D eigenvalue weighted by molar-refractivity contribution is 7.89. The number of hydrogen-bond donors (Lipinski definition) is 2. The van der Waals surface area contributed by atoms with Crippen molar-refractivity contribution >= 4 is 49.9 Å². The number of carbonyl (C=O) groups excluding carboxylic acids is 1. The molecule has 2 fully saturated rings. The molecule has 40 heavy (non-hydrogen) atoms. The standard InChI is InChI=1S/C28H32Cl2N4O5S/c1-18(17-33-11-7-19(8-12-33)39-20-3-6-25(29)26(30)13-20)15-31-28(36)24-16-32-27(35)23-14-21(4-5-22(23)24)40(37,38)34-9-2-10-34/h3-6,13-14,16,18-19H,2,7-12,15,17H2,1H3,(H,31,36)(H,32,35)/t18-/m1/s1. The Morgan fingerprint density at radius 3 is 2.50 bits per heavy atom. The number of benzene rings is 2. The van der Waals surface area contributed by atoms with Gasteiger partial charge in [-0.3, -0.25) is 9.59 Å². The molecule has 0 radical (unpaired) electrons. The largest absolute Gasteiger partial charge is 0.490 e. The Bertz CT molecular complexity index is 1570. The van der Waals surface area contributed by atoms with Crippen molar-refractivity contribution in [3.05, 3.63) is 68.6 Å². The molecule has 12 heteroatoms. The average molecular weight is 608 g/mol. The number of fused-ring (bicyclic) bond motifs is 1. The number of sulfonamides is 1. The molecule has 2 aliphatic rings. The van der Waals surface area contributed by atoms with Crippen molar-refractivity contribution in [3.63, 3.8) is 0 Å². The number of ether oxygens (including phenoxy) is 1. The molecule has 5 rings (SSSR count). The Morgan fingerprint density at radius 2 is 1.82 bits per heavy atom. The predicted molar refractivity (Wildman–Crippen MR) is 156 cm³/mol. The Labute approximate surface area is 243 Å². The van der Waals surface area contributed by atoms with Gasteiger partial charge in [-0.1, -0.05) is 36.2 Å². The lowest BCUT2D eigenvalue weighted by molar-refractivity contribution is 0.0886. The fraction of sp³-hybridized carbons (Fsp3) is 0.429. The Kier molecular flexibility index (Phi) is 8.72. The Hall–Kier alpha value is -2.63. The number of carbonyl (C=O) groups is 1. The zero-order chi connectivity index (χ0) is 28.4. The first kappa shape index (κ1) is 28.9. The van der Waals surface area contributed by atoms with Gasteiger partial charge in [0, 0.05) is 62.3 Å². The number of halogens is 2. The summed E-state index contributed by atoms with van der Waals surface area (Å²) in [4.78, 5) is 30.6. The van der Waals surface area contributed by atoms with Crippen LogP contribution in [0.25, 0.3) is 10.8 Å². The molecule has 0 saturated carbocycles. The fourth-order valence-corrected chi connectivity index (χ4v) is 6.92. The summed E-state index contributed by atoms with van der Waals surface area (Å²) in [6.07, 6.45) is 4.09. The van der Waals surface area contributed by atoms with Crippen LogP contribution in [0.4, 0.5) is 0 Å². The highest BCUT2D eigenvalue weighted by Gasteiger charge is 2.30. The third kappa shape index (κ3) is 6.31. The summed E-state index contributed by atoms with van der Waals surface area (Å²) in [5, 5.41) is 4.54. The maximum absolute atomic E-state index is 13.1. The number of likely N-dealkylation sites (tertiary alicyclic amines) is 1. The van der Waals surface area contributed by atoms with E-state index in [2.05, 4.69) is 22.1 Å². The Morgan fingerprint density at radius 1 is 1.07 bits per heavy atom. The van der Waals surface area contributed by atoms with Gasteiger partial charge in [0.1, 0.15) is 11.9 Å². The highest BCUT2D eigenvalue weighted by atomic mass is 35.5. The molecule has 214 valence electrons. The number of hydrogen-bond acceptors (Lipinski definition) is 6. The van der Waals surface area contributed by atoms with E-state index in [1.807, 2.05) is 6.07 Å². The number of aromatic amines is 1. The van der Waals surface area contributed by atoms with Crippen LogP contribution in [0.2, 0.25) is 10.0 Å². The first-order chi connectivity index (χ1) is 19.1. The monoisotopic (exact) mass is 606 g/mol. The number of nitrogens with zero attached hydrogens (tertiary/aromatic N) is 2. The van der Waals surface area contributed by atoms with Crippen LogP contribution in [0.15, 0.2) is 52.3 Å². The van der Waals surface area contributed by atoms with E-state index in [1.54, 1.807) is 18.2 Å². The second-order valence-electron chi connectivity index (χ2n) is 10.5. The lowest BCUT2D eigenvalue weighted by atomic mass is 10.0. The molecule has 1 atom stereocenters. The SMILES string of the molecule is C[C@H](CNC(=O)c1c[nH]c(=O)c2cc(S(=O)(=O)N3CCC3)ccc12)CN1CCC(Oc2ccc(Cl)c(Cl)c2)CC1. The second-order valence-corrected chi connectivity index (χ2v) is 13.3. The van der Waals surface area contributed by atoms with Crippen molar-refractivity contribution in [3.8, 4) is 5.75 Å². The van der Waals surface area contributed by atoms with Crippen molar-refractivity contribution in [2.45, 2.75) is 37.2 Å². The van der Waals surface area contributed by atoms with Crippen LogP contribution >= 0.6 is 23.2 Å². The summed E-state index contributed by atoms with van der Waals surface area (Å²) in [5.74, 6) is 0.590. The van der Waals surface area contributed by atoms with Gasteiger partial charge in [-0.05, 0) is 49.4 Å². The van der Waals surface area contributed by atoms with Crippen LogP contribution in [0.1, 0.15) is 36.5 Å². The summed E-state index contributed by atoms with van der Waals surface area (Å²) in [6, 6.07) is 9.65. The van der Waals surface area contributed by atoms with Crippen molar-refractivity contribution in [1.82, 2.24) is 19.5 Å². The van der Waals surface area contributed by atoms with Gasteiger partial charge >= 0.3 is 0 Å². The second kappa shape index (κ2) is 12.1. The number of rotatable bonds is 9. The van der Waals surface area contributed by atoms with Crippen LogP contribution < -0.4 is 15.6 Å². The average Bonchev–Trinajstić information content (AvgIpc) is 2.89. The lowest BCUT2D eigenvalue weighted by Gasteiger charge is -2.33. The number of H-pyrrole nitrogens is 1. The lowest BCUT2D eigenvalue weighted by Crippen LogP contribution is -2.42. The number of piperidine rings is 1. The molecule has 1 amide bonds. The van der Waals surface area contributed by atoms with Gasteiger partial charge in [-0.25, -0.2) is 8.42 Å². The molecular weight excluding hydrogens is 575 g/mol. The first-order valence-corrected chi connectivity index (χ1v) is 15.6. The molecule has 2 aromatic carbocycles. The maximum Gasteiger partial charge on any atom is 0.255 e. The molecular formula is C28H32Cl2N4O5S. The molecule has 0 spiro atoms. The first-order valence-electron chi connectivity index (χ1n) is 13.4. The van der Waals surface area contributed by atoms with E-state index >= 15 is 0 Å². The van der Waals surface area contributed by atoms with E-state index in [-0.39, 0.29) is 28.2 Å². The summed E-state index contributed by atoms with van der Waals surface area (Å²) in [7, 11) is -3.64. The third-order valence-electron chi connectivity index (χ3n) is 7.48. The molecule has 1 aromatic heterocycles. The van der Waals surface area contributed by atoms with Gasteiger partial charge in [-0.2, -0.15) is 4.31 Å². The van der Waals surface area contributed by atoms with Crippen LogP contribution in [0, 0.1) is 5.92 Å². The zero-order valence-electron chi connectivity index (χ0n) is 22.2. The molecule has 2 N–H and O–H groups in total. The van der Waals surface area contributed by atoms with Gasteiger partial charge in [0.05, 0.1) is 20.5 Å². The third-order valence-corrected chi connectivity index (χ3v) is 10.1. The number of pyridine rings is 1. The number of nitrogens with one attached hydrogen (secondary N) is 2. The molecule has 3 heterocycles. The van der Waals surface area contributed by atoms with E-state index < -0.39 is 15.6 Å². The smallest absolute Gasteiger partial charge is 0.255 e. The summed E-state index contributed by atoms with van der Waals surface area (Å²) < 4.78 is 33.0. The van der Waals surface area contributed by atoms with Crippen LogP contribution in [0.3, 0.4) is 0 Å². The zero-order valence-corrected chi connectivity index (χ0v) is 24.5. The number of amides is 1. The molecule has 0 unspecified atom stereocenters. The molecule has 2 aliphatic heterocycles. The van der Waals surface area contributed by atoms with E-state index in [0.29, 0.717) is 46.4 Å². The molecule has 2 saturated heterocycles. The number of aromatic nitrogens is 1. The fourth-order valence-electron chi connectivity index (χ4n) is 5.08. The van der Waals surface area contributed by atoms with Gasteiger partial charge in [0.15, 0.2) is 0 Å². The van der Waals surface area contributed by atoms with Crippen LogP contribution in [-0.2, 0) is 10.0 Å². The van der Waals surface area contributed by atoms with Crippen molar-refractivity contribution in [2.24, 2.45) is 5.92 Å². The summed E-state index contributed by atoms with van der Waals surface area (Å²) in [5.41, 5.74) is -0.137. The van der Waals surface area contributed by atoms with Crippen molar-refractivity contribution in [1.29, 1.82) is 0 Å². The molecule has 0 bridgehead atoms. The van der Waals surface area contributed by atoms with Gasteiger partial charge in [0.2, 0.25) is 10.0 Å². The van der Waals surface area contributed by atoms with E-state index in [1.165, 1.54) is 22.6 Å². The normalized spacial score (nSPS) is 17.9. The van der Waals surface area contributed by atoms with Crippen molar-refractivity contribution < 1.29 is 17.9 Å². The topological polar surface area (TPSA) is 112 Å². The van der Waals surface area contributed by atoms with E-state index in [9.17, 15) is 18.0 Å². The van der Waals surface area contributed by atoms with Gasteiger partial charge in [-0.15, -0.1) is 0 Å². The van der Waals surface area contributed by atoms with Crippen LogP contribution in [-0.4, -0.2) is 73.9 Å². The van der Waals surface area contributed by atoms with Gasteiger partial charge in [0.25, 0.3) is 11.5 Å². The van der Waals surface area contributed by atoms with Crippen molar-refractivity contribution in [2.75, 3.05) is 39.3 Å². The predicted octanol–water partition coefficient (Wildman–Crippen LogP) is 4.14. The minimum atomic E-state index is -3.64.